The Hall–Kier alpha value is -2.13. The van der Waals surface area contributed by atoms with Crippen LogP contribution in [0.15, 0.2) is 18.2 Å². The number of carbonyl (C=O) groups excluding carboxylic acids is 1. The molecule has 0 radical (unpaired) electrons. The Morgan fingerprint density at radius 2 is 2.08 bits per heavy atom. The first-order valence-electron chi connectivity index (χ1n) is 8.57. The number of amides is 1. The zero-order valence-corrected chi connectivity index (χ0v) is 15.9. The van der Waals surface area contributed by atoms with Crippen LogP contribution in [0.4, 0.5) is 9.52 Å². The molecule has 4 rings (SSSR count). The lowest BCUT2D eigenvalue weighted by atomic mass is 10.2. The summed E-state index contributed by atoms with van der Waals surface area (Å²) in [6, 6.07) is 4.65. The molecule has 0 aliphatic carbocycles. The second-order valence-corrected chi connectivity index (χ2v) is 7.95. The van der Waals surface area contributed by atoms with Crippen LogP contribution in [0.1, 0.15) is 28.7 Å². The number of aryl methyl sites for hydroxylation is 1. The highest BCUT2D eigenvalue weighted by atomic mass is 32.1. The summed E-state index contributed by atoms with van der Waals surface area (Å²) >= 11 is 2.67. The van der Waals surface area contributed by atoms with Gasteiger partial charge in [-0.3, -0.25) is 4.79 Å². The normalized spacial score (nSPS) is 15.0. The number of nitrogens with zero attached hydrogens (tertiary/aromatic N) is 5. The van der Waals surface area contributed by atoms with Crippen molar-refractivity contribution in [2.45, 2.75) is 19.8 Å². The van der Waals surface area contributed by atoms with E-state index in [-0.39, 0.29) is 11.7 Å². The van der Waals surface area contributed by atoms with Gasteiger partial charge in [0.15, 0.2) is 5.13 Å². The van der Waals surface area contributed by atoms with Crippen molar-refractivity contribution in [3.05, 3.63) is 34.6 Å². The number of rotatable bonds is 4. The van der Waals surface area contributed by atoms with Crippen LogP contribution in [0.25, 0.3) is 10.2 Å². The number of aromatic nitrogens is 3. The number of anilines is 1. The molecule has 26 heavy (non-hydrogen) atoms. The summed E-state index contributed by atoms with van der Waals surface area (Å²) in [5, 5.41) is 4.97. The van der Waals surface area contributed by atoms with Crippen LogP contribution in [0.5, 0.6) is 0 Å². The molecule has 1 aliphatic rings. The minimum atomic E-state index is -0.246. The lowest BCUT2D eigenvalue weighted by Crippen LogP contribution is -2.48. The Morgan fingerprint density at radius 1 is 1.27 bits per heavy atom. The summed E-state index contributed by atoms with van der Waals surface area (Å²) in [6.07, 6.45) is 1.72. The van der Waals surface area contributed by atoms with Gasteiger partial charge in [-0.2, -0.15) is 0 Å². The topological polar surface area (TPSA) is 62.2 Å². The van der Waals surface area contributed by atoms with Crippen molar-refractivity contribution in [3.63, 3.8) is 0 Å². The van der Waals surface area contributed by atoms with Crippen molar-refractivity contribution in [2.24, 2.45) is 0 Å². The zero-order valence-electron chi connectivity index (χ0n) is 14.3. The Morgan fingerprint density at radius 3 is 2.85 bits per heavy atom. The van der Waals surface area contributed by atoms with Crippen LogP contribution in [-0.4, -0.2) is 51.6 Å². The Kier molecular flexibility index (Phi) is 4.82. The molecule has 3 heterocycles. The van der Waals surface area contributed by atoms with Crippen LogP contribution < -0.4 is 4.90 Å². The van der Waals surface area contributed by atoms with E-state index in [9.17, 15) is 9.18 Å². The van der Waals surface area contributed by atoms with Gasteiger partial charge in [0.05, 0.1) is 15.9 Å². The molecule has 136 valence electrons. The van der Waals surface area contributed by atoms with Crippen LogP contribution in [-0.2, 0) is 6.42 Å². The van der Waals surface area contributed by atoms with E-state index >= 15 is 0 Å². The Labute approximate surface area is 158 Å². The van der Waals surface area contributed by atoms with Crippen molar-refractivity contribution in [1.29, 1.82) is 0 Å². The number of hydrogen-bond donors (Lipinski definition) is 0. The van der Waals surface area contributed by atoms with Gasteiger partial charge < -0.3 is 9.80 Å². The van der Waals surface area contributed by atoms with Crippen molar-refractivity contribution in [1.82, 2.24) is 19.5 Å². The summed E-state index contributed by atoms with van der Waals surface area (Å²) < 4.78 is 18.2. The summed E-state index contributed by atoms with van der Waals surface area (Å²) in [6.45, 7) is 4.75. The zero-order chi connectivity index (χ0) is 18.1. The third-order valence-electron chi connectivity index (χ3n) is 4.41. The molecule has 0 unspecified atom stereocenters. The SMILES string of the molecule is CCCc1nnsc1C(=O)N1CCN(c2nc3ccc(F)cc3s2)CC1. The number of benzene rings is 1. The summed E-state index contributed by atoms with van der Waals surface area (Å²) in [7, 11) is 0. The maximum atomic E-state index is 13.4. The molecule has 1 fully saturated rings. The van der Waals surface area contributed by atoms with Crippen molar-refractivity contribution < 1.29 is 9.18 Å². The molecule has 1 saturated heterocycles. The Bertz CT molecular complexity index is 932. The number of thiazole rings is 1. The van der Waals surface area contributed by atoms with E-state index in [1.807, 2.05) is 4.90 Å². The molecule has 9 heteroatoms. The molecule has 0 atom stereocenters. The minimum absolute atomic E-state index is 0.0227. The Balaban J connectivity index is 1.44. The summed E-state index contributed by atoms with van der Waals surface area (Å²) in [5.41, 5.74) is 1.61. The van der Waals surface area contributed by atoms with Crippen LogP contribution in [0.2, 0.25) is 0 Å². The van der Waals surface area contributed by atoms with Crippen molar-refractivity contribution in [3.8, 4) is 0 Å². The van der Waals surface area contributed by atoms with Gasteiger partial charge in [0, 0.05) is 26.2 Å². The van der Waals surface area contributed by atoms with E-state index in [1.54, 1.807) is 6.07 Å². The van der Waals surface area contributed by atoms with E-state index in [0.29, 0.717) is 31.1 Å². The third kappa shape index (κ3) is 3.28. The van der Waals surface area contributed by atoms with Gasteiger partial charge in [-0.15, -0.1) is 5.10 Å². The quantitative estimate of drug-likeness (QED) is 0.683. The maximum Gasteiger partial charge on any atom is 0.267 e. The molecule has 0 spiro atoms. The highest BCUT2D eigenvalue weighted by Gasteiger charge is 2.27. The second kappa shape index (κ2) is 7.24. The molecule has 0 N–H and O–H groups in total. The number of halogens is 1. The van der Waals surface area contributed by atoms with Crippen LogP contribution in [0, 0.1) is 5.82 Å². The van der Waals surface area contributed by atoms with E-state index in [0.717, 1.165) is 33.9 Å². The number of carbonyl (C=O) groups is 1. The average molecular weight is 391 g/mol. The molecular formula is C17H18FN5OS2. The molecule has 0 saturated carbocycles. The lowest BCUT2D eigenvalue weighted by molar-refractivity contribution is 0.0750. The van der Waals surface area contributed by atoms with Gasteiger partial charge in [-0.1, -0.05) is 29.2 Å². The van der Waals surface area contributed by atoms with E-state index in [4.69, 9.17) is 0 Å². The fourth-order valence-corrected chi connectivity index (χ4v) is 4.76. The van der Waals surface area contributed by atoms with Gasteiger partial charge in [0.1, 0.15) is 10.7 Å². The molecule has 0 bridgehead atoms. The van der Waals surface area contributed by atoms with Gasteiger partial charge in [0.2, 0.25) is 0 Å². The number of fused-ring (bicyclic) bond motifs is 1. The van der Waals surface area contributed by atoms with Gasteiger partial charge in [-0.25, -0.2) is 9.37 Å². The monoisotopic (exact) mass is 391 g/mol. The fraction of sp³-hybridized carbons (Fsp3) is 0.412. The standard InChI is InChI=1S/C17H18FN5OS2/c1-2-3-13-15(26-21-20-13)16(24)22-6-8-23(9-7-22)17-19-12-5-4-11(18)10-14(12)25-17/h4-5,10H,2-3,6-9H2,1H3. The molecular weight excluding hydrogens is 373 g/mol. The van der Waals surface area contributed by atoms with E-state index in [2.05, 4.69) is 26.4 Å². The lowest BCUT2D eigenvalue weighted by Gasteiger charge is -2.34. The van der Waals surface area contributed by atoms with E-state index < -0.39 is 0 Å². The predicted octanol–water partition coefficient (Wildman–Crippen LogP) is 3.20. The first-order chi connectivity index (χ1) is 12.7. The summed E-state index contributed by atoms with van der Waals surface area (Å²) in [4.78, 5) is 22.0. The molecule has 2 aromatic heterocycles. The first kappa shape index (κ1) is 17.3. The van der Waals surface area contributed by atoms with Crippen molar-refractivity contribution in [2.75, 3.05) is 31.1 Å². The highest BCUT2D eigenvalue weighted by Crippen LogP contribution is 2.30. The van der Waals surface area contributed by atoms with Gasteiger partial charge in [-0.05, 0) is 36.2 Å². The molecule has 6 nitrogen and oxygen atoms in total. The van der Waals surface area contributed by atoms with Crippen molar-refractivity contribution >= 4 is 44.1 Å². The minimum Gasteiger partial charge on any atom is -0.345 e. The molecule has 1 aromatic carbocycles. The van der Waals surface area contributed by atoms with Gasteiger partial charge in [0.25, 0.3) is 5.91 Å². The molecule has 1 amide bonds. The molecule has 3 aromatic rings. The average Bonchev–Trinajstić information content (AvgIpc) is 3.28. The number of hydrogen-bond acceptors (Lipinski definition) is 7. The predicted molar refractivity (Wildman–Crippen MR) is 102 cm³/mol. The van der Waals surface area contributed by atoms with Crippen LogP contribution in [0.3, 0.4) is 0 Å². The van der Waals surface area contributed by atoms with Crippen LogP contribution >= 0.6 is 22.9 Å². The largest absolute Gasteiger partial charge is 0.345 e. The third-order valence-corrected chi connectivity index (χ3v) is 6.25. The molecule has 1 aliphatic heterocycles. The first-order valence-corrected chi connectivity index (χ1v) is 10.2. The number of piperazine rings is 1. The fourth-order valence-electron chi connectivity index (χ4n) is 3.04. The highest BCUT2D eigenvalue weighted by molar-refractivity contribution is 7.22. The maximum absolute atomic E-state index is 13.4. The summed E-state index contributed by atoms with van der Waals surface area (Å²) in [5.74, 6) is -0.223. The van der Waals surface area contributed by atoms with Gasteiger partial charge >= 0.3 is 0 Å². The smallest absolute Gasteiger partial charge is 0.267 e. The second-order valence-electron chi connectivity index (χ2n) is 6.19. The van der Waals surface area contributed by atoms with E-state index in [1.165, 1.54) is 35.0 Å².